The molecular weight excluding hydrogens is 188 g/mol. The largest absolute Gasteiger partial charge is 0.388 e. The minimum Gasteiger partial charge on any atom is -0.388 e. The van der Waals surface area contributed by atoms with Crippen LogP contribution in [0.3, 0.4) is 0 Å². The van der Waals surface area contributed by atoms with Crippen LogP contribution in [-0.4, -0.2) is 55.4 Å². The summed E-state index contributed by atoms with van der Waals surface area (Å²) in [6.45, 7) is 5.93. The van der Waals surface area contributed by atoms with Crippen LogP contribution in [0.25, 0.3) is 0 Å². The maximum Gasteiger partial charge on any atom is 0.0905 e. The van der Waals surface area contributed by atoms with E-state index in [0.29, 0.717) is 5.84 Å². The Kier molecular flexibility index (Phi) is 5.65. The lowest BCUT2D eigenvalue weighted by Gasteiger charge is -2.21. The zero-order valence-electron chi connectivity index (χ0n) is 9.84. The normalized spacial score (nSPS) is 17.5. The van der Waals surface area contributed by atoms with Crippen molar-refractivity contribution in [2.75, 3.05) is 39.8 Å². The van der Waals surface area contributed by atoms with Gasteiger partial charge >= 0.3 is 0 Å². The van der Waals surface area contributed by atoms with Crippen molar-refractivity contribution in [2.45, 2.75) is 25.7 Å². The van der Waals surface area contributed by atoms with E-state index in [1.54, 1.807) is 0 Å². The molecule has 3 N–H and O–H groups in total. The fraction of sp³-hybridized carbons (Fsp3) is 0.909. The highest BCUT2D eigenvalue weighted by Crippen LogP contribution is 2.06. The molecule has 4 heteroatoms. The van der Waals surface area contributed by atoms with E-state index in [1.807, 2.05) is 0 Å². The Bertz CT molecular complexity index is 187. The van der Waals surface area contributed by atoms with Gasteiger partial charge in [-0.3, -0.25) is 5.41 Å². The molecule has 1 aliphatic rings. The van der Waals surface area contributed by atoms with Crippen molar-refractivity contribution in [3.8, 4) is 0 Å². The topological polar surface area (TPSA) is 56.4 Å². The Hall–Kier alpha value is -0.610. The molecule has 0 aromatic heterocycles. The minimum absolute atomic E-state index is 0.308. The van der Waals surface area contributed by atoms with Crippen molar-refractivity contribution in [1.82, 2.24) is 9.80 Å². The molecule has 0 aromatic carbocycles. The SMILES string of the molecule is CN(CCCC(=N)N)CCN1CCCC1. The Morgan fingerprint density at radius 1 is 1.33 bits per heavy atom. The molecule has 1 aliphatic heterocycles. The molecule has 0 bridgehead atoms. The van der Waals surface area contributed by atoms with Crippen molar-refractivity contribution in [1.29, 1.82) is 5.41 Å². The molecule has 4 nitrogen and oxygen atoms in total. The van der Waals surface area contributed by atoms with E-state index >= 15 is 0 Å². The first-order valence-corrected chi connectivity index (χ1v) is 5.92. The van der Waals surface area contributed by atoms with Crippen LogP contribution in [0.4, 0.5) is 0 Å². The van der Waals surface area contributed by atoms with Crippen LogP contribution in [0.1, 0.15) is 25.7 Å². The third-order valence-corrected chi connectivity index (χ3v) is 2.98. The number of amidine groups is 1. The van der Waals surface area contributed by atoms with Crippen molar-refractivity contribution >= 4 is 5.84 Å². The molecule has 0 unspecified atom stereocenters. The summed E-state index contributed by atoms with van der Waals surface area (Å²) in [6.07, 6.45) is 4.47. The second-order valence-electron chi connectivity index (χ2n) is 4.48. The van der Waals surface area contributed by atoms with E-state index in [1.165, 1.54) is 32.5 Å². The van der Waals surface area contributed by atoms with Gasteiger partial charge in [0.2, 0.25) is 0 Å². The monoisotopic (exact) mass is 212 g/mol. The van der Waals surface area contributed by atoms with Crippen molar-refractivity contribution in [2.24, 2.45) is 5.73 Å². The molecule has 1 fully saturated rings. The Balaban J connectivity index is 1.97. The molecule has 0 amide bonds. The lowest BCUT2D eigenvalue weighted by Crippen LogP contribution is -2.32. The molecule has 1 heterocycles. The minimum atomic E-state index is 0.308. The fourth-order valence-corrected chi connectivity index (χ4v) is 1.97. The summed E-state index contributed by atoms with van der Waals surface area (Å²) < 4.78 is 0. The number of hydrogen-bond donors (Lipinski definition) is 2. The lowest BCUT2D eigenvalue weighted by molar-refractivity contribution is 0.256. The zero-order valence-corrected chi connectivity index (χ0v) is 9.84. The van der Waals surface area contributed by atoms with Crippen LogP contribution in [0.15, 0.2) is 0 Å². The van der Waals surface area contributed by atoms with Crippen LogP contribution in [-0.2, 0) is 0 Å². The van der Waals surface area contributed by atoms with Crippen LogP contribution < -0.4 is 5.73 Å². The Morgan fingerprint density at radius 2 is 2.00 bits per heavy atom. The quantitative estimate of drug-likeness (QED) is 0.483. The molecule has 0 radical (unpaired) electrons. The van der Waals surface area contributed by atoms with Gasteiger partial charge in [-0.2, -0.15) is 0 Å². The average Bonchev–Trinajstić information content (AvgIpc) is 2.66. The van der Waals surface area contributed by atoms with E-state index in [0.717, 1.165) is 25.9 Å². The van der Waals surface area contributed by atoms with Gasteiger partial charge in [0.1, 0.15) is 0 Å². The van der Waals surface area contributed by atoms with Gasteiger partial charge in [0.05, 0.1) is 5.84 Å². The van der Waals surface area contributed by atoms with Crippen LogP contribution in [0.2, 0.25) is 0 Å². The summed E-state index contributed by atoms with van der Waals surface area (Å²) >= 11 is 0. The zero-order chi connectivity index (χ0) is 11.1. The molecule has 0 aliphatic carbocycles. The molecular formula is C11H24N4. The standard InChI is InChI=1S/C11H24N4/c1-14(6-4-5-11(12)13)9-10-15-7-2-3-8-15/h2-10H2,1H3,(H3,12,13). The summed E-state index contributed by atoms with van der Waals surface area (Å²) in [6, 6.07) is 0. The summed E-state index contributed by atoms with van der Waals surface area (Å²) in [7, 11) is 2.15. The first-order valence-electron chi connectivity index (χ1n) is 5.92. The lowest BCUT2D eigenvalue weighted by atomic mass is 10.3. The number of likely N-dealkylation sites (N-methyl/N-ethyl adjacent to an activating group) is 1. The third kappa shape index (κ3) is 5.74. The van der Waals surface area contributed by atoms with Crippen LogP contribution in [0, 0.1) is 5.41 Å². The van der Waals surface area contributed by atoms with Gasteiger partial charge in [0.15, 0.2) is 0 Å². The van der Waals surface area contributed by atoms with E-state index in [-0.39, 0.29) is 0 Å². The molecule has 0 atom stereocenters. The first-order chi connectivity index (χ1) is 7.18. The van der Waals surface area contributed by atoms with E-state index in [4.69, 9.17) is 11.1 Å². The van der Waals surface area contributed by atoms with Crippen molar-refractivity contribution < 1.29 is 0 Å². The van der Waals surface area contributed by atoms with Gasteiger partial charge in [-0.25, -0.2) is 0 Å². The van der Waals surface area contributed by atoms with Crippen molar-refractivity contribution in [3.05, 3.63) is 0 Å². The Labute approximate surface area is 92.9 Å². The highest BCUT2D eigenvalue weighted by Gasteiger charge is 2.11. The van der Waals surface area contributed by atoms with Crippen LogP contribution >= 0.6 is 0 Å². The maximum atomic E-state index is 7.13. The predicted octanol–water partition coefficient (Wildman–Crippen LogP) is 0.730. The second kappa shape index (κ2) is 6.80. The first kappa shape index (κ1) is 12.5. The smallest absolute Gasteiger partial charge is 0.0905 e. The van der Waals surface area contributed by atoms with Crippen LogP contribution in [0.5, 0.6) is 0 Å². The molecule has 88 valence electrons. The number of nitrogens with two attached hydrogens (primary N) is 1. The van der Waals surface area contributed by atoms with Gasteiger partial charge in [-0.1, -0.05) is 0 Å². The summed E-state index contributed by atoms with van der Waals surface area (Å²) in [5.41, 5.74) is 5.31. The van der Waals surface area contributed by atoms with E-state index < -0.39 is 0 Å². The fourth-order valence-electron chi connectivity index (χ4n) is 1.97. The molecule has 0 spiro atoms. The average molecular weight is 212 g/mol. The number of nitrogens with one attached hydrogen (secondary N) is 1. The summed E-state index contributed by atoms with van der Waals surface area (Å²) in [5, 5.41) is 7.13. The highest BCUT2D eigenvalue weighted by atomic mass is 15.2. The maximum absolute atomic E-state index is 7.13. The molecule has 1 saturated heterocycles. The number of likely N-dealkylation sites (tertiary alicyclic amines) is 1. The van der Waals surface area contributed by atoms with Gasteiger partial charge in [-0.05, 0) is 45.9 Å². The Morgan fingerprint density at radius 3 is 2.60 bits per heavy atom. The van der Waals surface area contributed by atoms with E-state index in [2.05, 4.69) is 16.8 Å². The predicted molar refractivity (Wildman–Crippen MR) is 64.3 cm³/mol. The summed E-state index contributed by atoms with van der Waals surface area (Å²) in [4.78, 5) is 4.86. The second-order valence-corrected chi connectivity index (χ2v) is 4.48. The third-order valence-electron chi connectivity index (χ3n) is 2.98. The highest BCUT2D eigenvalue weighted by molar-refractivity contribution is 5.76. The van der Waals surface area contributed by atoms with E-state index in [9.17, 15) is 0 Å². The van der Waals surface area contributed by atoms with Gasteiger partial charge in [0, 0.05) is 19.5 Å². The molecule has 0 aromatic rings. The molecule has 1 rings (SSSR count). The van der Waals surface area contributed by atoms with Gasteiger partial charge in [0.25, 0.3) is 0 Å². The van der Waals surface area contributed by atoms with Gasteiger partial charge in [-0.15, -0.1) is 0 Å². The van der Waals surface area contributed by atoms with Crippen molar-refractivity contribution in [3.63, 3.8) is 0 Å². The number of rotatable bonds is 7. The molecule has 15 heavy (non-hydrogen) atoms. The number of nitrogens with zero attached hydrogens (tertiary/aromatic N) is 2. The molecule has 0 saturated carbocycles. The summed E-state index contributed by atoms with van der Waals surface area (Å²) in [5.74, 6) is 0.308. The van der Waals surface area contributed by atoms with Gasteiger partial charge < -0.3 is 15.5 Å². The number of hydrogen-bond acceptors (Lipinski definition) is 3.